The molecule has 0 saturated heterocycles. The van der Waals surface area contributed by atoms with Gasteiger partial charge in [0.25, 0.3) is 0 Å². The van der Waals surface area contributed by atoms with Crippen molar-refractivity contribution in [2.45, 2.75) is 58.9 Å². The number of rotatable bonds is 7. The summed E-state index contributed by atoms with van der Waals surface area (Å²) in [6.45, 7) is 11.9. The molecule has 1 rings (SSSR count). The van der Waals surface area contributed by atoms with Gasteiger partial charge < -0.3 is 5.32 Å². The van der Waals surface area contributed by atoms with Gasteiger partial charge >= 0.3 is 0 Å². The lowest BCUT2D eigenvalue weighted by Gasteiger charge is -2.15. The van der Waals surface area contributed by atoms with Gasteiger partial charge in [-0.25, -0.2) is 4.39 Å². The Morgan fingerprint density at radius 1 is 1.35 bits per heavy atom. The van der Waals surface area contributed by atoms with E-state index in [0.717, 1.165) is 30.5 Å². The van der Waals surface area contributed by atoms with E-state index >= 15 is 0 Å². The van der Waals surface area contributed by atoms with E-state index in [0.29, 0.717) is 11.6 Å². The topological polar surface area (TPSA) is 12.0 Å². The van der Waals surface area contributed by atoms with Crippen LogP contribution in [0.3, 0.4) is 0 Å². The predicted molar refractivity (Wildman–Crippen MR) is 85.8 cm³/mol. The number of nitrogens with one attached hydrogen (secondary N) is 1. The molecule has 112 valence electrons. The summed E-state index contributed by atoms with van der Waals surface area (Å²) in [5.41, 5.74) is 2.81. The lowest BCUT2D eigenvalue weighted by Crippen LogP contribution is -2.23. The number of benzene rings is 1. The molecular formula is C17H25ClFN. The second-order valence-electron chi connectivity index (χ2n) is 5.85. The zero-order valence-electron chi connectivity index (χ0n) is 12.9. The summed E-state index contributed by atoms with van der Waals surface area (Å²) in [4.78, 5) is 0. The second-order valence-corrected chi connectivity index (χ2v) is 6.26. The average molecular weight is 298 g/mol. The smallest absolute Gasteiger partial charge is 0.145 e. The highest BCUT2D eigenvalue weighted by atomic mass is 35.5. The van der Waals surface area contributed by atoms with Crippen LogP contribution in [0, 0.1) is 5.82 Å². The fourth-order valence-electron chi connectivity index (χ4n) is 2.34. The molecule has 0 unspecified atom stereocenters. The van der Waals surface area contributed by atoms with Crippen LogP contribution in [0.15, 0.2) is 24.4 Å². The van der Waals surface area contributed by atoms with Crippen molar-refractivity contribution < 1.29 is 4.39 Å². The normalized spacial score (nSPS) is 12.6. The van der Waals surface area contributed by atoms with E-state index in [9.17, 15) is 4.39 Å². The van der Waals surface area contributed by atoms with E-state index in [1.807, 2.05) is 26.8 Å². The van der Waals surface area contributed by atoms with Gasteiger partial charge in [0.1, 0.15) is 5.82 Å². The standard InChI is InChI=1S/C17H25ClFN/c1-11(2)15-9-14(10-16(18)17(15)19)8-6-7-13(5)20-12(3)4/h9-11,13,20H,3,6-8H2,1-2,4-5H3/t13-/m0/s1. The minimum Gasteiger partial charge on any atom is -0.387 e. The Kier molecular flexibility index (Phi) is 6.54. The first kappa shape index (κ1) is 17.0. The Morgan fingerprint density at radius 3 is 2.55 bits per heavy atom. The number of aryl methyl sites for hydroxylation is 1. The molecule has 1 atom stereocenters. The maximum absolute atomic E-state index is 13.9. The van der Waals surface area contributed by atoms with Crippen molar-refractivity contribution >= 4 is 11.6 Å². The SMILES string of the molecule is C=C(C)N[C@@H](C)CCCc1cc(Cl)c(F)c(C(C)C)c1. The van der Waals surface area contributed by atoms with Crippen molar-refractivity contribution in [3.63, 3.8) is 0 Å². The summed E-state index contributed by atoms with van der Waals surface area (Å²) >= 11 is 5.97. The van der Waals surface area contributed by atoms with E-state index in [1.165, 1.54) is 0 Å². The fraction of sp³-hybridized carbons (Fsp3) is 0.529. The molecule has 0 radical (unpaired) electrons. The Morgan fingerprint density at radius 2 is 2.00 bits per heavy atom. The lowest BCUT2D eigenvalue weighted by atomic mass is 9.97. The van der Waals surface area contributed by atoms with Gasteiger partial charge in [-0.05, 0) is 56.2 Å². The van der Waals surface area contributed by atoms with Gasteiger partial charge in [0.2, 0.25) is 0 Å². The van der Waals surface area contributed by atoms with Crippen molar-refractivity contribution in [2.24, 2.45) is 0 Å². The largest absolute Gasteiger partial charge is 0.387 e. The summed E-state index contributed by atoms with van der Waals surface area (Å²) in [5, 5.41) is 3.53. The van der Waals surface area contributed by atoms with Gasteiger partial charge in [0, 0.05) is 11.7 Å². The third kappa shape index (κ3) is 5.16. The molecule has 0 fully saturated rings. The van der Waals surface area contributed by atoms with Gasteiger partial charge in [-0.3, -0.25) is 0 Å². The lowest BCUT2D eigenvalue weighted by molar-refractivity contribution is 0.544. The fourth-order valence-corrected chi connectivity index (χ4v) is 2.59. The first-order chi connectivity index (χ1) is 9.31. The van der Waals surface area contributed by atoms with Crippen LogP contribution in [0.4, 0.5) is 4.39 Å². The Labute approximate surface area is 127 Å². The van der Waals surface area contributed by atoms with Gasteiger partial charge in [0.15, 0.2) is 0 Å². The molecule has 0 bridgehead atoms. The van der Waals surface area contributed by atoms with Crippen LogP contribution in [0.25, 0.3) is 0 Å². The summed E-state index contributed by atoms with van der Waals surface area (Å²) in [6, 6.07) is 4.11. The molecule has 1 N–H and O–H groups in total. The average Bonchev–Trinajstić information content (AvgIpc) is 2.32. The van der Waals surface area contributed by atoms with Crippen LogP contribution in [0.5, 0.6) is 0 Å². The van der Waals surface area contributed by atoms with Crippen molar-refractivity contribution in [3.05, 3.63) is 46.4 Å². The number of hydrogen-bond acceptors (Lipinski definition) is 1. The van der Waals surface area contributed by atoms with E-state index in [-0.39, 0.29) is 16.8 Å². The number of hydrogen-bond donors (Lipinski definition) is 1. The Balaban J connectivity index is 2.63. The van der Waals surface area contributed by atoms with Gasteiger partial charge in [0.05, 0.1) is 5.02 Å². The van der Waals surface area contributed by atoms with Crippen LogP contribution in [0.2, 0.25) is 5.02 Å². The number of allylic oxidation sites excluding steroid dienone is 1. The summed E-state index contributed by atoms with van der Waals surface area (Å²) in [7, 11) is 0. The third-order valence-electron chi connectivity index (χ3n) is 3.33. The molecule has 0 aromatic heterocycles. The molecule has 1 aromatic carbocycles. The van der Waals surface area contributed by atoms with Gasteiger partial charge in [-0.2, -0.15) is 0 Å². The van der Waals surface area contributed by atoms with E-state index in [4.69, 9.17) is 11.6 Å². The van der Waals surface area contributed by atoms with Crippen LogP contribution < -0.4 is 5.32 Å². The zero-order chi connectivity index (χ0) is 15.3. The van der Waals surface area contributed by atoms with Crippen LogP contribution in [0.1, 0.15) is 57.6 Å². The van der Waals surface area contributed by atoms with Crippen molar-refractivity contribution in [3.8, 4) is 0 Å². The molecule has 3 heteroatoms. The molecule has 0 amide bonds. The zero-order valence-corrected chi connectivity index (χ0v) is 13.6. The van der Waals surface area contributed by atoms with Crippen molar-refractivity contribution in [1.29, 1.82) is 0 Å². The number of halogens is 2. The Bertz CT molecular complexity index is 468. The minimum absolute atomic E-state index is 0.149. The highest BCUT2D eigenvalue weighted by Gasteiger charge is 2.12. The van der Waals surface area contributed by atoms with Crippen LogP contribution >= 0.6 is 11.6 Å². The second kappa shape index (κ2) is 7.68. The summed E-state index contributed by atoms with van der Waals surface area (Å²) in [5.74, 6) is -0.126. The molecule has 0 heterocycles. The van der Waals surface area contributed by atoms with Crippen LogP contribution in [-0.2, 0) is 6.42 Å². The predicted octanol–water partition coefficient (Wildman–Crippen LogP) is 5.44. The van der Waals surface area contributed by atoms with Gasteiger partial charge in [-0.1, -0.05) is 38.1 Å². The molecule has 1 nitrogen and oxygen atoms in total. The minimum atomic E-state index is -0.275. The Hall–Kier alpha value is -1.02. The summed E-state index contributed by atoms with van der Waals surface area (Å²) in [6.07, 6.45) is 3.02. The highest BCUT2D eigenvalue weighted by molar-refractivity contribution is 6.30. The highest BCUT2D eigenvalue weighted by Crippen LogP contribution is 2.27. The molecule has 1 aromatic rings. The summed E-state index contributed by atoms with van der Waals surface area (Å²) < 4.78 is 13.9. The molecule has 20 heavy (non-hydrogen) atoms. The first-order valence-electron chi connectivity index (χ1n) is 7.21. The van der Waals surface area contributed by atoms with Crippen LogP contribution in [-0.4, -0.2) is 6.04 Å². The maximum Gasteiger partial charge on any atom is 0.145 e. The molecule has 0 aliphatic heterocycles. The van der Waals surface area contributed by atoms with Gasteiger partial charge in [-0.15, -0.1) is 0 Å². The molecule has 0 aliphatic carbocycles. The first-order valence-corrected chi connectivity index (χ1v) is 7.59. The third-order valence-corrected chi connectivity index (χ3v) is 3.61. The molecule has 0 spiro atoms. The van der Waals surface area contributed by atoms with E-state index in [1.54, 1.807) is 6.07 Å². The maximum atomic E-state index is 13.9. The molecule has 0 aliphatic rings. The molecular weight excluding hydrogens is 273 g/mol. The van der Waals surface area contributed by atoms with Crippen molar-refractivity contribution in [1.82, 2.24) is 5.32 Å². The van der Waals surface area contributed by atoms with E-state index in [2.05, 4.69) is 18.8 Å². The van der Waals surface area contributed by atoms with E-state index < -0.39 is 0 Å². The monoisotopic (exact) mass is 297 g/mol. The molecule has 0 saturated carbocycles. The van der Waals surface area contributed by atoms with Crippen molar-refractivity contribution in [2.75, 3.05) is 0 Å². The quantitative estimate of drug-likeness (QED) is 0.707.